The van der Waals surface area contributed by atoms with E-state index in [1.807, 2.05) is 6.07 Å². The van der Waals surface area contributed by atoms with Crippen LogP contribution >= 0.6 is 0 Å². The Balaban J connectivity index is 1.76. The van der Waals surface area contributed by atoms with Crippen LogP contribution < -0.4 is 10.5 Å². The second-order valence-electron chi connectivity index (χ2n) is 4.80. The third kappa shape index (κ3) is 3.19. The molecule has 21 heavy (non-hydrogen) atoms. The van der Waals surface area contributed by atoms with Crippen LogP contribution in [0.15, 0.2) is 28.8 Å². The van der Waals surface area contributed by atoms with Gasteiger partial charge in [-0.15, -0.1) is 0 Å². The number of ether oxygens (including phenoxy) is 2. The van der Waals surface area contributed by atoms with Gasteiger partial charge in [-0.3, -0.25) is 4.79 Å². The van der Waals surface area contributed by atoms with Crippen LogP contribution in [0.1, 0.15) is 18.2 Å². The lowest BCUT2D eigenvalue weighted by atomic mass is 10.1. The van der Waals surface area contributed by atoms with E-state index in [4.69, 9.17) is 19.7 Å². The molecule has 7 nitrogen and oxygen atoms in total. The van der Waals surface area contributed by atoms with Gasteiger partial charge in [-0.2, -0.15) is 4.98 Å². The Morgan fingerprint density at radius 1 is 1.48 bits per heavy atom. The summed E-state index contributed by atoms with van der Waals surface area (Å²) in [6.45, 7) is 1.18. The lowest BCUT2D eigenvalue weighted by Crippen LogP contribution is -2.19. The number of carbonyl (C=O) groups is 1. The van der Waals surface area contributed by atoms with Crippen LogP contribution in [0.3, 0.4) is 0 Å². The van der Waals surface area contributed by atoms with Crippen molar-refractivity contribution in [2.24, 2.45) is 5.73 Å². The van der Waals surface area contributed by atoms with Gasteiger partial charge >= 0.3 is 0 Å². The Morgan fingerprint density at radius 2 is 2.38 bits per heavy atom. The van der Waals surface area contributed by atoms with E-state index in [9.17, 15) is 4.79 Å². The van der Waals surface area contributed by atoms with Gasteiger partial charge in [-0.05, 0) is 24.6 Å². The minimum atomic E-state index is -0.526. The molecule has 2 aromatic rings. The fourth-order valence-electron chi connectivity index (χ4n) is 2.13. The van der Waals surface area contributed by atoms with E-state index in [0.29, 0.717) is 24.1 Å². The fraction of sp³-hybridized carbons (Fsp3) is 0.357. The Kier molecular flexibility index (Phi) is 3.83. The molecule has 1 aliphatic heterocycles. The summed E-state index contributed by atoms with van der Waals surface area (Å²) < 4.78 is 15.8. The first kappa shape index (κ1) is 13.6. The van der Waals surface area contributed by atoms with E-state index < -0.39 is 5.91 Å². The van der Waals surface area contributed by atoms with Crippen LogP contribution in [0.5, 0.6) is 5.75 Å². The number of primary amides is 1. The molecule has 1 atom stereocenters. The van der Waals surface area contributed by atoms with Gasteiger partial charge in [-0.25, -0.2) is 0 Å². The summed E-state index contributed by atoms with van der Waals surface area (Å²) in [7, 11) is 0. The monoisotopic (exact) mass is 289 g/mol. The smallest absolute Gasteiger partial charge is 0.258 e. The quantitative estimate of drug-likeness (QED) is 0.884. The van der Waals surface area contributed by atoms with Gasteiger partial charge in [0.05, 0.1) is 6.61 Å². The highest BCUT2D eigenvalue weighted by molar-refractivity contribution is 5.75. The van der Waals surface area contributed by atoms with Crippen molar-refractivity contribution in [2.45, 2.75) is 12.3 Å². The predicted molar refractivity (Wildman–Crippen MR) is 72.6 cm³/mol. The van der Waals surface area contributed by atoms with Gasteiger partial charge in [0.15, 0.2) is 12.4 Å². The molecule has 110 valence electrons. The summed E-state index contributed by atoms with van der Waals surface area (Å²) in [5.41, 5.74) is 5.78. The Hall–Kier alpha value is -2.41. The predicted octanol–water partition coefficient (Wildman–Crippen LogP) is 1.10. The molecular formula is C14H15N3O4. The van der Waals surface area contributed by atoms with Crippen molar-refractivity contribution < 1.29 is 18.8 Å². The molecule has 1 aromatic heterocycles. The van der Waals surface area contributed by atoms with Crippen LogP contribution in [0.25, 0.3) is 11.5 Å². The molecule has 0 aliphatic carbocycles. The normalized spacial score (nSPS) is 17.8. The molecule has 0 bridgehead atoms. The van der Waals surface area contributed by atoms with E-state index >= 15 is 0 Å². The zero-order valence-electron chi connectivity index (χ0n) is 11.3. The molecule has 3 rings (SSSR count). The summed E-state index contributed by atoms with van der Waals surface area (Å²) in [4.78, 5) is 15.1. The summed E-state index contributed by atoms with van der Waals surface area (Å²) >= 11 is 0. The summed E-state index contributed by atoms with van der Waals surface area (Å²) in [6, 6.07) is 7.08. The molecule has 0 saturated carbocycles. The highest BCUT2D eigenvalue weighted by Gasteiger charge is 2.23. The van der Waals surface area contributed by atoms with Gasteiger partial charge in [0, 0.05) is 18.1 Å². The number of benzene rings is 1. The van der Waals surface area contributed by atoms with E-state index in [1.165, 1.54) is 0 Å². The first-order valence-corrected chi connectivity index (χ1v) is 6.65. The maximum Gasteiger partial charge on any atom is 0.258 e. The maximum absolute atomic E-state index is 10.7. The Labute approximate surface area is 121 Å². The van der Waals surface area contributed by atoms with Crippen molar-refractivity contribution in [3.8, 4) is 17.2 Å². The Morgan fingerprint density at radius 3 is 3.14 bits per heavy atom. The molecular weight excluding hydrogens is 274 g/mol. The van der Waals surface area contributed by atoms with Crippen LogP contribution in [-0.4, -0.2) is 35.9 Å². The van der Waals surface area contributed by atoms with Crippen LogP contribution in [0.4, 0.5) is 0 Å². The average molecular weight is 289 g/mol. The average Bonchev–Trinajstić information content (AvgIpc) is 3.16. The molecule has 2 N–H and O–H groups in total. The minimum absolute atomic E-state index is 0.169. The number of nitrogens with zero attached hydrogens (tertiary/aromatic N) is 2. The topological polar surface area (TPSA) is 100 Å². The Bertz CT molecular complexity index is 635. The minimum Gasteiger partial charge on any atom is -0.484 e. The van der Waals surface area contributed by atoms with E-state index in [1.54, 1.807) is 18.2 Å². The number of aromatic nitrogens is 2. The number of carbonyl (C=O) groups excluding carboxylic acids is 1. The standard InChI is InChI=1S/C14H15N3O4/c15-12(18)8-20-11-3-1-2-9(6-11)14-16-13(17-21-14)10-4-5-19-7-10/h1-3,6,10H,4-5,7-8H2,(H2,15,18)/t10-/m1/s1. The lowest BCUT2D eigenvalue weighted by molar-refractivity contribution is -0.119. The zero-order chi connectivity index (χ0) is 14.7. The molecule has 2 heterocycles. The molecule has 0 unspecified atom stereocenters. The molecule has 0 radical (unpaired) electrons. The highest BCUT2D eigenvalue weighted by Crippen LogP contribution is 2.27. The third-order valence-electron chi connectivity index (χ3n) is 3.20. The van der Waals surface area contributed by atoms with Gasteiger partial charge in [0.1, 0.15) is 5.75 Å². The second kappa shape index (κ2) is 5.92. The summed E-state index contributed by atoms with van der Waals surface area (Å²) in [6.07, 6.45) is 0.904. The van der Waals surface area contributed by atoms with Crippen LogP contribution in [0.2, 0.25) is 0 Å². The number of rotatable bonds is 5. The maximum atomic E-state index is 10.7. The van der Waals surface area contributed by atoms with Crippen molar-refractivity contribution >= 4 is 5.91 Å². The SMILES string of the molecule is NC(=O)COc1cccc(-c2nc([C@@H]3CCOC3)no2)c1. The fourth-order valence-corrected chi connectivity index (χ4v) is 2.13. The largest absolute Gasteiger partial charge is 0.484 e. The van der Waals surface area contributed by atoms with Crippen LogP contribution in [-0.2, 0) is 9.53 Å². The van der Waals surface area contributed by atoms with Gasteiger partial charge in [0.25, 0.3) is 11.8 Å². The molecule has 1 saturated heterocycles. The number of amides is 1. The first-order valence-electron chi connectivity index (χ1n) is 6.65. The van der Waals surface area contributed by atoms with Crippen molar-refractivity contribution in [3.63, 3.8) is 0 Å². The van der Waals surface area contributed by atoms with E-state index in [2.05, 4.69) is 10.1 Å². The molecule has 0 spiro atoms. The lowest BCUT2D eigenvalue weighted by Gasteiger charge is -2.04. The van der Waals surface area contributed by atoms with Gasteiger partial charge in [0.2, 0.25) is 0 Å². The molecule has 1 amide bonds. The zero-order valence-corrected chi connectivity index (χ0v) is 11.3. The second-order valence-corrected chi connectivity index (χ2v) is 4.80. The number of nitrogens with two attached hydrogens (primary N) is 1. The number of hydrogen-bond acceptors (Lipinski definition) is 6. The van der Waals surface area contributed by atoms with Crippen molar-refractivity contribution in [2.75, 3.05) is 19.8 Å². The van der Waals surface area contributed by atoms with E-state index in [-0.39, 0.29) is 12.5 Å². The van der Waals surface area contributed by atoms with Crippen molar-refractivity contribution in [1.29, 1.82) is 0 Å². The molecule has 1 aromatic carbocycles. The van der Waals surface area contributed by atoms with Gasteiger partial charge in [-0.1, -0.05) is 11.2 Å². The van der Waals surface area contributed by atoms with Gasteiger partial charge < -0.3 is 19.7 Å². The third-order valence-corrected chi connectivity index (χ3v) is 3.20. The summed E-state index contributed by atoms with van der Waals surface area (Å²) in [5.74, 6) is 1.26. The molecule has 1 fully saturated rings. The molecule has 7 heteroatoms. The van der Waals surface area contributed by atoms with Crippen molar-refractivity contribution in [3.05, 3.63) is 30.1 Å². The molecule has 1 aliphatic rings. The number of hydrogen-bond donors (Lipinski definition) is 1. The van der Waals surface area contributed by atoms with Crippen LogP contribution in [0, 0.1) is 0 Å². The van der Waals surface area contributed by atoms with E-state index in [0.717, 1.165) is 18.6 Å². The first-order chi connectivity index (χ1) is 10.2. The highest BCUT2D eigenvalue weighted by atomic mass is 16.5. The van der Waals surface area contributed by atoms with Crippen molar-refractivity contribution in [1.82, 2.24) is 10.1 Å². The summed E-state index contributed by atoms with van der Waals surface area (Å²) in [5, 5.41) is 4.00.